The zero-order valence-electron chi connectivity index (χ0n) is 17.0. The van der Waals surface area contributed by atoms with Gasteiger partial charge >= 0.3 is 6.09 Å². The number of nitriles is 1. The van der Waals surface area contributed by atoms with Crippen LogP contribution in [0, 0.1) is 11.3 Å². The molecule has 156 valence electrons. The number of nitrogens with one attached hydrogen (secondary N) is 1. The molecular weight excluding hydrogens is 384 g/mol. The van der Waals surface area contributed by atoms with Crippen molar-refractivity contribution in [3.05, 3.63) is 54.6 Å². The highest BCUT2D eigenvalue weighted by Gasteiger charge is 2.17. The van der Waals surface area contributed by atoms with E-state index in [0.29, 0.717) is 17.1 Å². The van der Waals surface area contributed by atoms with Crippen LogP contribution in [-0.2, 0) is 14.3 Å². The number of hydrogen-bond acceptors (Lipinski definition) is 5. The molecule has 8 heteroatoms. The van der Waals surface area contributed by atoms with E-state index in [1.807, 2.05) is 24.3 Å². The zero-order chi connectivity index (χ0) is 21.9. The summed E-state index contributed by atoms with van der Waals surface area (Å²) in [6.07, 6.45) is -0.253. The van der Waals surface area contributed by atoms with Crippen molar-refractivity contribution in [1.82, 2.24) is 0 Å². The van der Waals surface area contributed by atoms with E-state index >= 15 is 0 Å². The number of anilines is 3. The summed E-state index contributed by atoms with van der Waals surface area (Å²) in [5.41, 5.74) is 1.87. The van der Waals surface area contributed by atoms with Crippen LogP contribution >= 0.6 is 0 Å². The first kappa shape index (κ1) is 22.4. The highest BCUT2D eigenvalue weighted by molar-refractivity contribution is 5.98. The topological polar surface area (TPSA) is 103 Å². The summed E-state index contributed by atoms with van der Waals surface area (Å²) in [5, 5.41) is 11.6. The average Bonchev–Trinajstić information content (AvgIpc) is 2.78. The van der Waals surface area contributed by atoms with Crippen molar-refractivity contribution in [2.45, 2.75) is 19.3 Å². The Bertz CT molecular complexity index is 907. The first-order chi connectivity index (χ1) is 14.5. The Hall–Kier alpha value is -3.86. The van der Waals surface area contributed by atoms with Gasteiger partial charge in [0.05, 0.1) is 19.6 Å². The van der Waals surface area contributed by atoms with Gasteiger partial charge in [0.25, 0.3) is 0 Å². The Labute approximate surface area is 175 Å². The van der Waals surface area contributed by atoms with Crippen LogP contribution in [0.2, 0.25) is 0 Å². The van der Waals surface area contributed by atoms with Gasteiger partial charge < -0.3 is 15.0 Å². The minimum atomic E-state index is -0.496. The molecule has 0 unspecified atom stereocenters. The Morgan fingerprint density at radius 3 is 2.27 bits per heavy atom. The molecule has 0 spiro atoms. The maximum absolute atomic E-state index is 12.6. The van der Waals surface area contributed by atoms with Gasteiger partial charge in [-0.05, 0) is 36.4 Å². The molecule has 2 rings (SSSR count). The number of methoxy groups -OCH3 is 1. The number of hydrogen-bond donors (Lipinski definition) is 1. The molecule has 0 aliphatic carbocycles. The minimum Gasteiger partial charge on any atom is -0.452 e. The number of rotatable bonds is 8. The van der Waals surface area contributed by atoms with Crippen molar-refractivity contribution in [2.24, 2.45) is 0 Å². The molecule has 0 aromatic heterocycles. The number of carbonyl (C=O) groups is 3. The Morgan fingerprint density at radius 1 is 1.00 bits per heavy atom. The first-order valence-corrected chi connectivity index (χ1v) is 9.40. The summed E-state index contributed by atoms with van der Waals surface area (Å²) in [4.78, 5) is 39.2. The fraction of sp³-hybridized carbons (Fsp3) is 0.273. The molecule has 0 heterocycles. The van der Waals surface area contributed by atoms with Crippen molar-refractivity contribution >= 4 is 35.0 Å². The summed E-state index contributed by atoms with van der Waals surface area (Å²) in [6, 6.07) is 17.8. The highest BCUT2D eigenvalue weighted by atomic mass is 16.5. The lowest BCUT2D eigenvalue weighted by Crippen LogP contribution is -2.32. The maximum atomic E-state index is 12.6. The monoisotopic (exact) mass is 408 g/mol. The van der Waals surface area contributed by atoms with Crippen molar-refractivity contribution < 1.29 is 19.1 Å². The van der Waals surface area contributed by atoms with Crippen LogP contribution < -0.4 is 15.1 Å². The molecule has 0 fully saturated rings. The van der Waals surface area contributed by atoms with E-state index in [1.165, 1.54) is 16.9 Å². The second-order valence-electron chi connectivity index (χ2n) is 6.41. The molecule has 30 heavy (non-hydrogen) atoms. The van der Waals surface area contributed by atoms with Crippen molar-refractivity contribution in [1.29, 1.82) is 5.26 Å². The van der Waals surface area contributed by atoms with Gasteiger partial charge in [-0.1, -0.05) is 18.2 Å². The Kier molecular flexibility index (Phi) is 8.39. The smallest absolute Gasteiger partial charge is 0.413 e. The predicted octanol–water partition coefficient (Wildman–Crippen LogP) is 3.55. The summed E-state index contributed by atoms with van der Waals surface area (Å²) >= 11 is 0. The number of nitrogens with zero attached hydrogens (tertiary/aromatic N) is 3. The third kappa shape index (κ3) is 6.34. The molecule has 1 N–H and O–H groups in total. The summed E-state index contributed by atoms with van der Waals surface area (Å²) in [7, 11) is 2.88. The maximum Gasteiger partial charge on any atom is 0.413 e. The number of benzene rings is 2. The number of carbonyl (C=O) groups excluding carboxylic acids is 3. The van der Waals surface area contributed by atoms with E-state index in [0.717, 1.165) is 0 Å². The molecule has 0 saturated heterocycles. The fourth-order valence-corrected chi connectivity index (χ4v) is 2.76. The Morgan fingerprint density at radius 2 is 1.67 bits per heavy atom. The predicted molar refractivity (Wildman–Crippen MR) is 114 cm³/mol. The van der Waals surface area contributed by atoms with E-state index in [9.17, 15) is 14.4 Å². The quantitative estimate of drug-likeness (QED) is 0.719. The van der Waals surface area contributed by atoms with Crippen LogP contribution in [0.1, 0.15) is 19.3 Å². The van der Waals surface area contributed by atoms with Gasteiger partial charge in [-0.15, -0.1) is 0 Å². The lowest BCUT2D eigenvalue weighted by atomic mass is 10.2. The molecule has 3 amide bonds. The van der Waals surface area contributed by atoms with Crippen LogP contribution in [0.4, 0.5) is 21.9 Å². The van der Waals surface area contributed by atoms with Crippen LogP contribution in [-0.4, -0.2) is 38.6 Å². The van der Waals surface area contributed by atoms with Gasteiger partial charge in [0.15, 0.2) is 0 Å². The van der Waals surface area contributed by atoms with Crippen molar-refractivity contribution in [3.63, 3.8) is 0 Å². The van der Waals surface area contributed by atoms with Gasteiger partial charge in [0.1, 0.15) is 0 Å². The average molecular weight is 408 g/mol. The number of para-hydroxylation sites is 1. The standard InChI is InChI=1S/C22H24N4O4/c1-25(22(29)30-2)18-11-9-17(10-12-18)24-20(27)13-14-21(28)26(16-6-15-23)19-7-4-3-5-8-19/h3-5,7-12H,6,13-14,16H2,1-2H3,(H,24,27). The third-order valence-corrected chi connectivity index (χ3v) is 4.37. The van der Waals surface area contributed by atoms with Crippen LogP contribution in [0.5, 0.6) is 0 Å². The van der Waals surface area contributed by atoms with Crippen LogP contribution in [0.25, 0.3) is 0 Å². The fourth-order valence-electron chi connectivity index (χ4n) is 2.76. The van der Waals surface area contributed by atoms with Crippen molar-refractivity contribution in [2.75, 3.05) is 35.8 Å². The van der Waals surface area contributed by atoms with Gasteiger partial charge in [-0.25, -0.2) is 4.79 Å². The van der Waals surface area contributed by atoms with Gasteiger partial charge in [-0.3, -0.25) is 14.5 Å². The van der Waals surface area contributed by atoms with Crippen LogP contribution in [0.3, 0.4) is 0 Å². The summed E-state index contributed by atoms with van der Waals surface area (Å²) in [6.45, 7) is 0.274. The van der Waals surface area contributed by atoms with Crippen molar-refractivity contribution in [3.8, 4) is 6.07 Å². The first-order valence-electron chi connectivity index (χ1n) is 9.40. The number of amides is 3. The molecular formula is C22H24N4O4. The normalized spacial score (nSPS) is 9.90. The number of ether oxygens (including phenoxy) is 1. The lowest BCUT2D eigenvalue weighted by molar-refractivity contribution is -0.122. The van der Waals surface area contributed by atoms with Crippen LogP contribution in [0.15, 0.2) is 54.6 Å². The Balaban J connectivity index is 1.92. The second-order valence-corrected chi connectivity index (χ2v) is 6.41. The molecule has 8 nitrogen and oxygen atoms in total. The van der Waals surface area contributed by atoms with E-state index < -0.39 is 6.09 Å². The summed E-state index contributed by atoms with van der Waals surface area (Å²) in [5.74, 6) is -0.521. The van der Waals surface area contributed by atoms with E-state index in [4.69, 9.17) is 5.26 Å². The minimum absolute atomic E-state index is 0.0124. The highest BCUT2D eigenvalue weighted by Crippen LogP contribution is 2.19. The molecule has 0 radical (unpaired) electrons. The van der Waals surface area contributed by atoms with Gasteiger partial charge in [-0.2, -0.15) is 5.26 Å². The third-order valence-electron chi connectivity index (χ3n) is 4.37. The molecule has 0 bridgehead atoms. The zero-order valence-corrected chi connectivity index (χ0v) is 17.0. The SMILES string of the molecule is COC(=O)N(C)c1ccc(NC(=O)CCC(=O)N(CCC#N)c2ccccc2)cc1. The molecule has 0 aliphatic rings. The molecule has 0 atom stereocenters. The second kappa shape index (κ2) is 11.2. The van der Waals surface area contributed by atoms with E-state index in [-0.39, 0.29) is 37.6 Å². The summed E-state index contributed by atoms with van der Waals surface area (Å²) < 4.78 is 4.65. The molecule has 0 saturated carbocycles. The largest absolute Gasteiger partial charge is 0.452 e. The van der Waals surface area contributed by atoms with E-state index in [1.54, 1.807) is 43.4 Å². The van der Waals surface area contributed by atoms with Gasteiger partial charge in [0, 0.05) is 43.5 Å². The molecule has 2 aromatic carbocycles. The molecule has 0 aliphatic heterocycles. The molecule has 2 aromatic rings. The van der Waals surface area contributed by atoms with Gasteiger partial charge in [0.2, 0.25) is 11.8 Å². The van der Waals surface area contributed by atoms with E-state index in [2.05, 4.69) is 10.1 Å². The lowest BCUT2D eigenvalue weighted by Gasteiger charge is -2.21.